The van der Waals surface area contributed by atoms with Gasteiger partial charge in [0.25, 0.3) is 0 Å². The van der Waals surface area contributed by atoms with Crippen LogP contribution in [0.1, 0.15) is 19.8 Å². The summed E-state index contributed by atoms with van der Waals surface area (Å²) < 4.78 is 0. The SMILES string of the molecule is CCCC(N)O.N. The zero-order valence-corrected chi connectivity index (χ0v) is 4.72. The molecule has 0 heterocycles. The summed E-state index contributed by atoms with van der Waals surface area (Å²) in [6, 6.07) is 0. The first-order chi connectivity index (χ1) is 2.77. The normalized spacial score (nSPS) is 12.4. The summed E-state index contributed by atoms with van der Waals surface area (Å²) in [5.41, 5.74) is 4.96. The maximum Gasteiger partial charge on any atom is 0.102 e. The predicted molar refractivity (Wildman–Crippen MR) is 30.1 cm³/mol. The minimum absolute atomic E-state index is 0. The summed E-state index contributed by atoms with van der Waals surface area (Å²) in [4.78, 5) is 0. The van der Waals surface area contributed by atoms with Crippen LogP contribution in [-0.4, -0.2) is 11.3 Å². The van der Waals surface area contributed by atoms with Crippen molar-refractivity contribution < 1.29 is 5.11 Å². The topological polar surface area (TPSA) is 81.2 Å². The molecule has 1 unspecified atom stereocenters. The molecule has 0 aromatic rings. The lowest BCUT2D eigenvalue weighted by molar-refractivity contribution is 0.171. The molecule has 0 rings (SSSR count). The largest absolute Gasteiger partial charge is 0.379 e. The molecule has 0 spiro atoms. The first kappa shape index (κ1) is 9.99. The molecule has 7 heavy (non-hydrogen) atoms. The Labute approximate surface area is 44.1 Å². The first-order valence-corrected chi connectivity index (χ1v) is 2.21. The second kappa shape index (κ2) is 5.88. The van der Waals surface area contributed by atoms with E-state index in [-0.39, 0.29) is 6.15 Å². The predicted octanol–water partition coefficient (Wildman–Crippen LogP) is 0.226. The van der Waals surface area contributed by atoms with Crippen LogP contribution < -0.4 is 11.9 Å². The van der Waals surface area contributed by atoms with Gasteiger partial charge in [-0.15, -0.1) is 0 Å². The van der Waals surface area contributed by atoms with Gasteiger partial charge >= 0.3 is 0 Å². The molecule has 0 saturated heterocycles. The van der Waals surface area contributed by atoms with Gasteiger partial charge in [0.1, 0.15) is 6.23 Å². The molecule has 0 aromatic carbocycles. The van der Waals surface area contributed by atoms with E-state index >= 15 is 0 Å². The van der Waals surface area contributed by atoms with Crippen molar-refractivity contribution in [3.8, 4) is 0 Å². The van der Waals surface area contributed by atoms with Crippen LogP contribution in [0.5, 0.6) is 0 Å². The van der Waals surface area contributed by atoms with Crippen LogP contribution in [0.15, 0.2) is 0 Å². The zero-order chi connectivity index (χ0) is 4.99. The quantitative estimate of drug-likeness (QED) is 0.440. The molecule has 6 N–H and O–H groups in total. The summed E-state index contributed by atoms with van der Waals surface area (Å²) in [7, 11) is 0. The fourth-order valence-electron chi connectivity index (χ4n) is 0.296. The highest BCUT2D eigenvalue weighted by Gasteiger charge is 1.87. The van der Waals surface area contributed by atoms with E-state index in [9.17, 15) is 0 Å². The summed E-state index contributed by atoms with van der Waals surface area (Å²) in [5, 5.41) is 8.33. The molecular formula is C4H14N2O. The molecule has 3 nitrogen and oxygen atoms in total. The monoisotopic (exact) mass is 106 g/mol. The zero-order valence-electron chi connectivity index (χ0n) is 4.72. The third kappa shape index (κ3) is 10.7. The second-order valence-electron chi connectivity index (χ2n) is 1.36. The van der Waals surface area contributed by atoms with Gasteiger partial charge in [-0.1, -0.05) is 13.3 Å². The molecule has 0 saturated carbocycles. The smallest absolute Gasteiger partial charge is 0.102 e. The van der Waals surface area contributed by atoms with Crippen LogP contribution in [0, 0.1) is 0 Å². The summed E-state index contributed by atoms with van der Waals surface area (Å²) >= 11 is 0. The van der Waals surface area contributed by atoms with E-state index in [0.717, 1.165) is 6.42 Å². The summed E-state index contributed by atoms with van der Waals surface area (Å²) in [6.45, 7) is 1.98. The molecule has 0 aliphatic rings. The van der Waals surface area contributed by atoms with Gasteiger partial charge in [0.2, 0.25) is 0 Å². The van der Waals surface area contributed by atoms with Crippen molar-refractivity contribution in [2.24, 2.45) is 5.73 Å². The van der Waals surface area contributed by atoms with E-state index in [1.807, 2.05) is 6.92 Å². The molecule has 46 valence electrons. The molecule has 0 radical (unpaired) electrons. The number of hydrogen-bond acceptors (Lipinski definition) is 3. The average molecular weight is 106 g/mol. The van der Waals surface area contributed by atoms with Crippen molar-refractivity contribution in [3.63, 3.8) is 0 Å². The van der Waals surface area contributed by atoms with E-state index in [1.54, 1.807) is 0 Å². The van der Waals surface area contributed by atoms with Crippen LogP contribution in [-0.2, 0) is 0 Å². The third-order valence-corrected chi connectivity index (χ3v) is 0.584. The lowest BCUT2D eigenvalue weighted by atomic mass is 10.3. The van der Waals surface area contributed by atoms with Gasteiger partial charge in [-0.25, -0.2) is 0 Å². The van der Waals surface area contributed by atoms with Crippen molar-refractivity contribution in [1.82, 2.24) is 6.15 Å². The highest BCUT2D eigenvalue weighted by molar-refractivity contribution is 4.38. The number of aliphatic hydroxyl groups is 1. The number of nitrogens with two attached hydrogens (primary N) is 1. The van der Waals surface area contributed by atoms with Crippen molar-refractivity contribution in [2.75, 3.05) is 0 Å². The summed E-state index contributed by atoms with van der Waals surface area (Å²) in [6.07, 6.45) is 1.06. The molecule has 3 heteroatoms. The Morgan fingerprint density at radius 3 is 2.14 bits per heavy atom. The molecule has 0 bridgehead atoms. The van der Waals surface area contributed by atoms with Gasteiger partial charge in [-0.2, -0.15) is 0 Å². The minimum atomic E-state index is -0.602. The lowest BCUT2D eigenvalue weighted by Crippen LogP contribution is -2.17. The molecule has 0 amide bonds. The van der Waals surface area contributed by atoms with Crippen LogP contribution in [0.4, 0.5) is 0 Å². The standard InChI is InChI=1S/C4H11NO.H3N/c1-2-3-4(5)6;/h4,6H,2-3,5H2,1H3;1H3. The molecule has 0 aliphatic carbocycles. The van der Waals surface area contributed by atoms with E-state index in [1.165, 1.54) is 0 Å². The minimum Gasteiger partial charge on any atom is -0.379 e. The first-order valence-electron chi connectivity index (χ1n) is 2.21. The molecular weight excluding hydrogens is 92.1 g/mol. The highest BCUT2D eigenvalue weighted by Crippen LogP contribution is 1.85. The Morgan fingerprint density at radius 2 is 2.14 bits per heavy atom. The van der Waals surface area contributed by atoms with Crippen LogP contribution in [0.2, 0.25) is 0 Å². The lowest BCUT2D eigenvalue weighted by Gasteiger charge is -1.96. The maximum absolute atomic E-state index is 8.33. The number of hydrogen-bond donors (Lipinski definition) is 3. The number of rotatable bonds is 2. The van der Waals surface area contributed by atoms with Crippen LogP contribution >= 0.6 is 0 Å². The Bertz CT molecular complexity index is 30.9. The molecule has 0 fully saturated rings. The number of aliphatic hydroxyl groups excluding tert-OH is 1. The third-order valence-electron chi connectivity index (χ3n) is 0.584. The van der Waals surface area contributed by atoms with E-state index in [2.05, 4.69) is 0 Å². The van der Waals surface area contributed by atoms with Gasteiger partial charge in [0.15, 0.2) is 0 Å². The van der Waals surface area contributed by atoms with Crippen molar-refractivity contribution in [1.29, 1.82) is 0 Å². The fourth-order valence-corrected chi connectivity index (χ4v) is 0.296. The van der Waals surface area contributed by atoms with Crippen molar-refractivity contribution in [3.05, 3.63) is 0 Å². The van der Waals surface area contributed by atoms with E-state index < -0.39 is 6.23 Å². The second-order valence-corrected chi connectivity index (χ2v) is 1.36. The van der Waals surface area contributed by atoms with Crippen molar-refractivity contribution in [2.45, 2.75) is 26.0 Å². The van der Waals surface area contributed by atoms with E-state index in [4.69, 9.17) is 10.8 Å². The maximum atomic E-state index is 8.33. The van der Waals surface area contributed by atoms with Gasteiger partial charge in [-0.05, 0) is 6.42 Å². The Morgan fingerprint density at radius 1 is 1.71 bits per heavy atom. The van der Waals surface area contributed by atoms with Crippen molar-refractivity contribution >= 4 is 0 Å². The molecule has 0 aliphatic heterocycles. The molecule has 1 atom stereocenters. The average Bonchev–Trinajstić information content (AvgIpc) is 1.35. The van der Waals surface area contributed by atoms with Gasteiger partial charge in [0, 0.05) is 0 Å². The van der Waals surface area contributed by atoms with Gasteiger partial charge in [0.05, 0.1) is 0 Å². The fraction of sp³-hybridized carbons (Fsp3) is 1.00. The van der Waals surface area contributed by atoms with Gasteiger partial charge < -0.3 is 17.0 Å². The Balaban J connectivity index is 0. The van der Waals surface area contributed by atoms with Gasteiger partial charge in [-0.3, -0.25) is 0 Å². The Hall–Kier alpha value is -0.120. The van der Waals surface area contributed by atoms with E-state index in [0.29, 0.717) is 6.42 Å². The Kier molecular flexibility index (Phi) is 8.39. The highest BCUT2D eigenvalue weighted by atomic mass is 16.3. The molecule has 0 aromatic heterocycles. The van der Waals surface area contributed by atoms with Crippen LogP contribution in [0.25, 0.3) is 0 Å². The summed E-state index contributed by atoms with van der Waals surface area (Å²) in [5.74, 6) is 0. The van der Waals surface area contributed by atoms with Crippen LogP contribution in [0.3, 0.4) is 0 Å².